The molecular formula is C42H44Cl2F2N3O10P. The largest absolute Gasteiger partial charge is 0.484 e. The van der Waals surface area contributed by atoms with Gasteiger partial charge in [0.2, 0.25) is 0 Å². The van der Waals surface area contributed by atoms with Crippen LogP contribution in [0.2, 0.25) is 10.0 Å². The summed E-state index contributed by atoms with van der Waals surface area (Å²) >= 11 is 11.5. The van der Waals surface area contributed by atoms with Gasteiger partial charge in [0.1, 0.15) is 29.2 Å². The van der Waals surface area contributed by atoms with Crippen molar-refractivity contribution in [2.45, 2.75) is 68.9 Å². The molecule has 3 aliphatic rings. The number of hydrogen-bond donors (Lipinski definition) is 3. The number of ether oxygens (including phenoxy) is 3. The first-order valence-electron chi connectivity index (χ1n) is 19.2. The molecule has 18 heteroatoms. The molecule has 13 nitrogen and oxygen atoms in total. The van der Waals surface area contributed by atoms with E-state index in [1.165, 1.54) is 24.3 Å². The van der Waals surface area contributed by atoms with Crippen molar-refractivity contribution in [1.82, 2.24) is 16.0 Å². The second-order valence-corrected chi connectivity index (χ2v) is 16.9. The SMILES string of the molecule is O=C(COc1ccc(Cl)c(F)c1)NC12CCC(NC(=O)COc3ccc(Cl)c(F)c3)(CC1)[C@@H](OC(=O)NCCCOP(=O)(OCc1ccccc1)OCc1ccccc1)C2. The van der Waals surface area contributed by atoms with Gasteiger partial charge in [0, 0.05) is 30.6 Å². The van der Waals surface area contributed by atoms with Gasteiger partial charge in [-0.15, -0.1) is 0 Å². The molecular weight excluding hydrogens is 846 g/mol. The number of amides is 3. The van der Waals surface area contributed by atoms with E-state index in [0.29, 0.717) is 25.7 Å². The molecule has 0 aliphatic heterocycles. The van der Waals surface area contributed by atoms with E-state index in [9.17, 15) is 27.7 Å². The first-order chi connectivity index (χ1) is 28.8. The normalized spacial score (nSPS) is 19.6. The topological polar surface area (TPSA) is 160 Å². The smallest absolute Gasteiger partial charge is 0.475 e. The second-order valence-electron chi connectivity index (χ2n) is 14.4. The van der Waals surface area contributed by atoms with Gasteiger partial charge in [-0.25, -0.2) is 18.1 Å². The summed E-state index contributed by atoms with van der Waals surface area (Å²) in [7, 11) is -4.03. The van der Waals surface area contributed by atoms with Gasteiger partial charge in [-0.1, -0.05) is 83.9 Å². The van der Waals surface area contributed by atoms with Crippen LogP contribution >= 0.6 is 31.0 Å². The van der Waals surface area contributed by atoms with Crippen molar-refractivity contribution in [3.05, 3.63) is 130 Å². The highest BCUT2D eigenvalue weighted by Gasteiger charge is 2.57. The first-order valence-corrected chi connectivity index (χ1v) is 21.4. The van der Waals surface area contributed by atoms with Gasteiger partial charge in [-0.3, -0.25) is 23.2 Å². The van der Waals surface area contributed by atoms with E-state index in [2.05, 4.69) is 16.0 Å². The second kappa shape index (κ2) is 20.7. The molecule has 3 saturated carbocycles. The third kappa shape index (κ3) is 12.6. The third-order valence-corrected chi connectivity index (χ3v) is 12.2. The van der Waals surface area contributed by atoms with Crippen LogP contribution in [0.25, 0.3) is 0 Å². The van der Waals surface area contributed by atoms with Gasteiger partial charge in [0.25, 0.3) is 11.8 Å². The summed E-state index contributed by atoms with van der Waals surface area (Å²) in [6.07, 6.45) is 0.149. The summed E-state index contributed by atoms with van der Waals surface area (Å²) in [6.45, 7) is -0.941. The van der Waals surface area contributed by atoms with Crippen LogP contribution in [0.4, 0.5) is 13.6 Å². The molecule has 0 aromatic heterocycles. The number of carbonyl (C=O) groups excluding carboxylic acids is 3. The number of hydrogen-bond acceptors (Lipinski definition) is 10. The van der Waals surface area contributed by atoms with Gasteiger partial charge < -0.3 is 30.2 Å². The minimum absolute atomic E-state index is 0.0136. The van der Waals surface area contributed by atoms with E-state index in [0.717, 1.165) is 23.3 Å². The number of nitrogens with one attached hydrogen (secondary N) is 3. The van der Waals surface area contributed by atoms with Gasteiger partial charge in [-0.05, 0) is 67.5 Å². The quantitative estimate of drug-likeness (QED) is 0.0581. The van der Waals surface area contributed by atoms with Gasteiger partial charge in [-0.2, -0.15) is 0 Å². The highest BCUT2D eigenvalue weighted by atomic mass is 35.5. The summed E-state index contributed by atoms with van der Waals surface area (Å²) in [5.41, 5.74) is -0.287. The Hall–Kier alpha value is -4.76. The Labute approximate surface area is 355 Å². The highest BCUT2D eigenvalue weighted by Crippen LogP contribution is 2.51. The number of carbonyl (C=O) groups is 3. The average Bonchev–Trinajstić information content (AvgIpc) is 3.24. The average molecular weight is 891 g/mol. The molecule has 320 valence electrons. The van der Waals surface area contributed by atoms with Crippen molar-refractivity contribution in [2.75, 3.05) is 26.4 Å². The van der Waals surface area contributed by atoms with Gasteiger partial charge in [0.05, 0.1) is 35.4 Å². The molecule has 0 spiro atoms. The van der Waals surface area contributed by atoms with Crippen LogP contribution in [0.5, 0.6) is 11.5 Å². The summed E-state index contributed by atoms with van der Waals surface area (Å²) in [5, 5.41) is 8.50. The molecule has 0 unspecified atom stereocenters. The summed E-state index contributed by atoms with van der Waals surface area (Å²) in [6, 6.07) is 25.9. The molecule has 0 heterocycles. The third-order valence-electron chi connectivity index (χ3n) is 10.2. The molecule has 4 aromatic rings. The van der Waals surface area contributed by atoms with E-state index in [4.69, 9.17) is 51.0 Å². The van der Waals surface area contributed by atoms with Gasteiger partial charge >= 0.3 is 13.9 Å². The highest BCUT2D eigenvalue weighted by molar-refractivity contribution is 7.48. The predicted molar refractivity (Wildman–Crippen MR) is 218 cm³/mol. The fraction of sp³-hybridized carbons (Fsp3) is 0.357. The Morgan fingerprint density at radius 2 is 1.22 bits per heavy atom. The molecule has 3 amide bonds. The van der Waals surface area contributed by atoms with Crippen molar-refractivity contribution in [2.24, 2.45) is 0 Å². The lowest BCUT2D eigenvalue weighted by Gasteiger charge is -2.57. The number of phosphoric acid groups is 1. The van der Waals surface area contributed by atoms with Crippen LogP contribution in [-0.4, -0.2) is 61.5 Å². The van der Waals surface area contributed by atoms with Crippen molar-refractivity contribution in [3.8, 4) is 11.5 Å². The fourth-order valence-corrected chi connectivity index (χ4v) is 8.47. The molecule has 3 fully saturated rings. The maximum Gasteiger partial charge on any atom is 0.475 e. The summed E-state index contributed by atoms with van der Waals surface area (Å²) in [5.74, 6) is -2.19. The Bertz CT molecular complexity index is 2100. The van der Waals surface area contributed by atoms with Gasteiger partial charge in [0.15, 0.2) is 13.2 Å². The van der Waals surface area contributed by atoms with Crippen molar-refractivity contribution < 1.29 is 55.5 Å². The first kappa shape index (κ1) is 44.8. The van der Waals surface area contributed by atoms with Crippen molar-refractivity contribution in [1.29, 1.82) is 0 Å². The van der Waals surface area contributed by atoms with E-state index < -0.39 is 67.8 Å². The lowest BCUT2D eigenvalue weighted by Crippen LogP contribution is -2.71. The standard InChI is InChI=1S/C42H44Cl2F2N3O10P/c43-33-14-12-31(22-35(33)45)54-27-38(50)48-41-16-18-42(19-17-41,49-39(51)28-55-32-13-15-34(44)36(46)23-32)37(24-41)59-40(52)47-20-7-21-56-60(53,57-25-29-8-3-1-4-9-29)58-26-30-10-5-2-6-11-30/h1-6,8-15,22-23,37H,7,16-21,24-28H2,(H,47,52)(H,48,50)(H,49,51)/t37-,41?,42?/m0/s1. The maximum absolute atomic E-state index is 14.0. The van der Waals surface area contributed by atoms with E-state index in [1.54, 1.807) is 0 Å². The Balaban J connectivity index is 1.05. The number of halogens is 4. The molecule has 4 aromatic carbocycles. The number of phosphoric ester groups is 1. The number of benzene rings is 4. The zero-order chi connectivity index (χ0) is 42.6. The van der Waals surface area contributed by atoms with Crippen molar-refractivity contribution in [3.63, 3.8) is 0 Å². The van der Waals surface area contributed by atoms with E-state index in [1.807, 2.05) is 60.7 Å². The molecule has 0 saturated heterocycles. The number of fused-ring (bicyclic) bond motifs is 3. The predicted octanol–water partition coefficient (Wildman–Crippen LogP) is 8.46. The monoisotopic (exact) mass is 889 g/mol. The van der Waals surface area contributed by atoms with E-state index >= 15 is 0 Å². The lowest BCUT2D eigenvalue weighted by atomic mass is 9.59. The lowest BCUT2D eigenvalue weighted by molar-refractivity contribution is -0.137. The summed E-state index contributed by atoms with van der Waals surface area (Å²) in [4.78, 5) is 39.7. The van der Waals surface area contributed by atoms with Crippen LogP contribution in [0.15, 0.2) is 97.1 Å². The van der Waals surface area contributed by atoms with Crippen LogP contribution in [0, 0.1) is 11.6 Å². The van der Waals surface area contributed by atoms with Crippen LogP contribution in [-0.2, 0) is 45.7 Å². The number of alkyl carbamates (subject to hydrolysis) is 1. The molecule has 3 N–H and O–H groups in total. The minimum Gasteiger partial charge on any atom is -0.484 e. The molecule has 1 atom stereocenters. The zero-order valence-corrected chi connectivity index (χ0v) is 34.7. The molecule has 3 aliphatic carbocycles. The zero-order valence-electron chi connectivity index (χ0n) is 32.3. The Morgan fingerprint density at radius 3 is 1.73 bits per heavy atom. The molecule has 60 heavy (non-hydrogen) atoms. The van der Waals surface area contributed by atoms with Crippen molar-refractivity contribution >= 4 is 48.9 Å². The molecule has 7 rings (SSSR count). The minimum atomic E-state index is -4.03. The van der Waals surface area contributed by atoms with Crippen LogP contribution in [0.3, 0.4) is 0 Å². The van der Waals surface area contributed by atoms with E-state index in [-0.39, 0.29) is 60.8 Å². The van der Waals surface area contributed by atoms with Crippen LogP contribution in [0.1, 0.15) is 49.7 Å². The summed E-state index contributed by atoms with van der Waals surface area (Å²) < 4.78 is 75.4. The Morgan fingerprint density at radius 1 is 0.700 bits per heavy atom. The number of rotatable bonds is 20. The Kier molecular flexibility index (Phi) is 15.4. The maximum atomic E-state index is 14.0. The molecule has 0 radical (unpaired) electrons. The van der Waals surface area contributed by atoms with Crippen LogP contribution < -0.4 is 25.4 Å². The fourth-order valence-electron chi connectivity index (χ4n) is 7.04. The molecule has 2 bridgehead atoms.